The zero-order chi connectivity index (χ0) is 74.6. The van der Waals surface area contributed by atoms with Gasteiger partial charge in [-0.2, -0.15) is 0 Å². The van der Waals surface area contributed by atoms with E-state index < -0.39 is 155 Å². The van der Waals surface area contributed by atoms with Crippen LogP contribution in [-0.2, 0) is 42.8 Å². The fraction of sp³-hybridized carbons (Fsp3) is 0.937. The predicted octanol–water partition coefficient (Wildman–Crippen LogP) is 11.0. The molecule has 0 radical (unpaired) electrons. The van der Waals surface area contributed by atoms with E-state index in [4.69, 9.17) is 28.4 Å². The van der Waals surface area contributed by atoms with Gasteiger partial charge in [-0.25, -0.2) is 4.79 Å². The van der Waals surface area contributed by atoms with Gasteiger partial charge in [-0.3, -0.25) is 9.59 Å². The van der Waals surface area contributed by atoms with Crippen LogP contribution in [0.25, 0.3) is 0 Å². The number of hydrogen-bond acceptors (Lipinski definition) is 20. The molecule has 18 atom stereocenters. The number of unbranched alkanes of at least 4 members (excludes halogenated alkanes) is 45. The first kappa shape index (κ1) is 93.7. The van der Waals surface area contributed by atoms with E-state index in [1.165, 1.54) is 244 Å². The van der Waals surface area contributed by atoms with Crippen LogP contribution in [0.2, 0.25) is 0 Å². The molecule has 0 aliphatic carbocycles. The predicted molar refractivity (Wildman–Crippen MR) is 394 cm³/mol. The lowest BCUT2D eigenvalue weighted by molar-refractivity contribution is -0.386. The summed E-state index contributed by atoms with van der Waals surface area (Å²) in [6.45, 7) is 2.20. The molecule has 3 heterocycles. The van der Waals surface area contributed by atoms with Crippen molar-refractivity contribution in [3.63, 3.8) is 0 Å². The molecule has 0 bridgehead atoms. The van der Waals surface area contributed by atoms with Gasteiger partial charge in [-0.15, -0.1) is 0 Å². The molecule has 3 aliphatic heterocycles. The number of carboxylic acids is 1. The number of nitrogens with one attached hydrogen (secondary N) is 2. The van der Waals surface area contributed by atoms with E-state index in [2.05, 4.69) is 24.5 Å². The van der Waals surface area contributed by atoms with E-state index in [-0.39, 0.29) is 12.3 Å². The molecule has 2 amide bonds. The molecule has 0 spiro atoms. The minimum absolute atomic E-state index is 0.206. The average molecular weight is 1460 g/mol. The molecule has 0 aromatic heterocycles. The molecule has 3 aliphatic rings. The second-order valence-electron chi connectivity index (χ2n) is 30.0. The summed E-state index contributed by atoms with van der Waals surface area (Å²) in [7, 11) is 0. The van der Waals surface area contributed by atoms with Gasteiger partial charge in [0, 0.05) is 19.8 Å². The highest BCUT2D eigenvalue weighted by Crippen LogP contribution is 2.39. The van der Waals surface area contributed by atoms with Crippen LogP contribution in [0.3, 0.4) is 0 Å². The fourth-order valence-electron chi connectivity index (χ4n) is 14.5. The van der Waals surface area contributed by atoms with E-state index in [1.54, 1.807) is 6.08 Å². The lowest BCUT2D eigenvalue weighted by Crippen LogP contribution is -2.70. The van der Waals surface area contributed by atoms with Crippen molar-refractivity contribution < 1.29 is 104 Å². The van der Waals surface area contributed by atoms with E-state index >= 15 is 0 Å². The average Bonchev–Trinajstić information content (AvgIpc) is 0.755. The van der Waals surface area contributed by atoms with Gasteiger partial charge in [-0.1, -0.05) is 309 Å². The molecule has 0 aromatic carbocycles. The van der Waals surface area contributed by atoms with Crippen LogP contribution in [0.5, 0.6) is 0 Å². The molecule has 0 saturated carbocycles. The molecule has 3 fully saturated rings. The van der Waals surface area contributed by atoms with Crippen molar-refractivity contribution in [2.24, 2.45) is 0 Å². The van der Waals surface area contributed by atoms with Gasteiger partial charge < -0.3 is 100 Å². The molecule has 600 valence electrons. The van der Waals surface area contributed by atoms with Crippen LogP contribution in [0.4, 0.5) is 0 Å². The van der Waals surface area contributed by atoms with Crippen molar-refractivity contribution >= 4 is 17.8 Å². The Kier molecular flexibility index (Phi) is 53.7. The Labute approximate surface area is 613 Å². The summed E-state index contributed by atoms with van der Waals surface area (Å²) in [5.74, 6) is -6.13. The molecular formula is C79H148N2O21. The summed E-state index contributed by atoms with van der Waals surface area (Å²) in [5, 5.41) is 136. The Morgan fingerprint density at radius 3 is 1.30 bits per heavy atom. The van der Waals surface area contributed by atoms with Crippen molar-refractivity contribution in [3.8, 4) is 0 Å². The van der Waals surface area contributed by atoms with E-state index in [0.29, 0.717) is 12.8 Å². The Bertz CT molecular complexity index is 2080. The number of hydrogen-bond donors (Lipinski definition) is 14. The summed E-state index contributed by atoms with van der Waals surface area (Å²) in [4.78, 5) is 38.7. The van der Waals surface area contributed by atoms with Gasteiger partial charge in [0.25, 0.3) is 5.79 Å². The maximum absolute atomic E-state index is 13.5. The van der Waals surface area contributed by atoms with Crippen LogP contribution in [0, 0.1) is 0 Å². The van der Waals surface area contributed by atoms with Crippen molar-refractivity contribution in [3.05, 3.63) is 12.2 Å². The topological polar surface area (TPSA) is 373 Å². The van der Waals surface area contributed by atoms with Crippen molar-refractivity contribution in [2.45, 2.75) is 445 Å². The Morgan fingerprint density at radius 2 is 0.912 bits per heavy atom. The number of aliphatic carboxylic acids is 1. The normalized spacial score (nSPS) is 26.7. The van der Waals surface area contributed by atoms with Gasteiger partial charge in [0.1, 0.15) is 67.1 Å². The second kappa shape index (κ2) is 58.5. The summed E-state index contributed by atoms with van der Waals surface area (Å²) in [5.41, 5.74) is 0. The third-order valence-corrected chi connectivity index (χ3v) is 21.0. The molecule has 18 unspecified atom stereocenters. The highest BCUT2D eigenvalue weighted by molar-refractivity contribution is 5.77. The van der Waals surface area contributed by atoms with E-state index in [0.717, 1.165) is 51.9 Å². The Morgan fingerprint density at radius 1 is 0.510 bits per heavy atom. The molecule has 102 heavy (non-hydrogen) atoms. The molecule has 14 N–H and O–H groups in total. The van der Waals surface area contributed by atoms with Crippen molar-refractivity contribution in [1.82, 2.24) is 10.6 Å². The van der Waals surface area contributed by atoms with Crippen LogP contribution in [-0.4, -0.2) is 215 Å². The molecule has 23 heteroatoms. The SMILES string of the molecule is CCCCCCCCCCCCCCCCCCCCCCCC/C=C/C(O)C(COC1OC(CO)C(OC2OC(CO)C(O)C(OC3(C(=O)O)CC(O)C(NC(C)=O)C(C(O)C(O)CO)O3)C2O)C(O)C1O)NC(=O)CCCCCCCCCCCCCCCCCCCCCCCCCC. The number of rotatable bonds is 65. The lowest BCUT2D eigenvalue weighted by atomic mass is 9.88. The number of carbonyl (C=O) groups is 3. The van der Waals surface area contributed by atoms with Gasteiger partial charge >= 0.3 is 5.97 Å². The first-order chi connectivity index (χ1) is 49.4. The number of carbonyl (C=O) groups excluding carboxylic acids is 2. The minimum atomic E-state index is -3.08. The summed E-state index contributed by atoms with van der Waals surface area (Å²) >= 11 is 0. The molecule has 23 nitrogen and oxygen atoms in total. The molecular weight excluding hydrogens is 1310 g/mol. The first-order valence-corrected chi connectivity index (χ1v) is 41.1. The van der Waals surface area contributed by atoms with Crippen LogP contribution in [0.15, 0.2) is 12.2 Å². The number of amides is 2. The summed E-state index contributed by atoms with van der Waals surface area (Å²) in [6.07, 6.45) is 33.9. The second-order valence-corrected chi connectivity index (χ2v) is 30.0. The molecule has 3 saturated heterocycles. The first-order valence-electron chi connectivity index (χ1n) is 41.1. The zero-order valence-corrected chi connectivity index (χ0v) is 63.5. The van der Waals surface area contributed by atoms with Gasteiger partial charge in [0.15, 0.2) is 12.6 Å². The number of carboxylic acid groups (broad SMARTS) is 1. The molecule has 3 rings (SSSR count). The van der Waals surface area contributed by atoms with E-state index in [9.17, 15) is 75.7 Å². The third-order valence-electron chi connectivity index (χ3n) is 21.0. The van der Waals surface area contributed by atoms with Crippen molar-refractivity contribution in [1.29, 1.82) is 0 Å². The Hall–Kier alpha value is -2.53. The summed E-state index contributed by atoms with van der Waals surface area (Å²) < 4.78 is 34.9. The highest BCUT2D eigenvalue weighted by atomic mass is 16.8. The van der Waals surface area contributed by atoms with E-state index in [1.807, 2.05) is 6.08 Å². The Balaban J connectivity index is 1.52. The van der Waals surface area contributed by atoms with Gasteiger partial charge in [0.05, 0.1) is 50.7 Å². The monoisotopic (exact) mass is 1460 g/mol. The lowest BCUT2D eigenvalue weighted by Gasteiger charge is -2.50. The largest absolute Gasteiger partial charge is 0.477 e. The fourth-order valence-corrected chi connectivity index (χ4v) is 14.5. The molecule has 0 aromatic rings. The quantitative estimate of drug-likeness (QED) is 0.0199. The smallest absolute Gasteiger partial charge is 0.364 e. The number of ether oxygens (including phenoxy) is 6. The standard InChI is InChI=1S/C79H148N2O21/c1-4-6-8-10-12-14-16-18-20-22-24-26-28-30-32-34-36-38-40-42-44-46-48-50-52-61(86)60(81-66(89)53-51-49-47-45-43-41-39-37-35-33-31-29-27-25-23-21-19-17-15-13-11-9-7-5-2)58-97-76-71(93)70(92)73(65(57-84)99-76)100-77-72(94)75(69(91)64(56-83)98-77)102-79(78(95)96)54-62(87)67(80-59(3)85)74(101-79)68(90)63(88)55-82/h50,52,60-65,67-77,82-84,86-88,90-94H,4-49,51,53-58H2,1-3H3,(H,80,85)(H,81,89)(H,95,96)/b52-50+. The van der Waals surface area contributed by atoms with Gasteiger partial charge in [-0.05, 0) is 19.3 Å². The van der Waals surface area contributed by atoms with Gasteiger partial charge in [0.2, 0.25) is 11.8 Å². The number of allylic oxidation sites excluding steroid dienone is 1. The van der Waals surface area contributed by atoms with Crippen molar-refractivity contribution in [2.75, 3.05) is 26.4 Å². The maximum atomic E-state index is 13.5. The van der Waals surface area contributed by atoms with Crippen LogP contribution >= 0.6 is 0 Å². The van der Waals surface area contributed by atoms with Crippen LogP contribution in [0.1, 0.15) is 335 Å². The van der Waals surface area contributed by atoms with Crippen LogP contribution < -0.4 is 10.6 Å². The highest BCUT2D eigenvalue weighted by Gasteiger charge is 2.60. The number of aliphatic hydroxyl groups excluding tert-OH is 11. The zero-order valence-electron chi connectivity index (χ0n) is 63.5. The third kappa shape index (κ3) is 38.5. The minimum Gasteiger partial charge on any atom is -0.477 e. The summed E-state index contributed by atoms with van der Waals surface area (Å²) in [6, 6.07) is -2.62. The maximum Gasteiger partial charge on any atom is 0.364 e. The number of aliphatic hydroxyl groups is 11.